The lowest BCUT2D eigenvalue weighted by molar-refractivity contribution is 0.0341. The van der Waals surface area contributed by atoms with Gasteiger partial charge in [-0.25, -0.2) is 17.9 Å². The summed E-state index contributed by atoms with van der Waals surface area (Å²) >= 11 is 0. The molecule has 29 heavy (non-hydrogen) atoms. The van der Waals surface area contributed by atoms with E-state index in [1.807, 2.05) is 0 Å². The van der Waals surface area contributed by atoms with E-state index < -0.39 is 22.1 Å². The molecule has 0 aliphatic rings. The van der Waals surface area contributed by atoms with E-state index in [0.717, 1.165) is 24.8 Å². The van der Waals surface area contributed by atoms with Crippen LogP contribution in [-0.4, -0.2) is 43.0 Å². The smallest absolute Gasteiger partial charge is 0.335 e. The van der Waals surface area contributed by atoms with Gasteiger partial charge in [-0.05, 0) is 61.6 Å². The van der Waals surface area contributed by atoms with Gasteiger partial charge in [-0.15, -0.1) is 0 Å². The molecule has 0 spiro atoms. The van der Waals surface area contributed by atoms with Crippen molar-refractivity contribution in [2.45, 2.75) is 78.2 Å². The molecule has 0 saturated heterocycles. The number of aliphatic hydroxyl groups is 1. The molecule has 1 aromatic rings. The number of sulfonamides is 1. The molecule has 6 nitrogen and oxygen atoms in total. The topological polar surface area (TPSA) is 104 Å². The molecule has 1 rings (SSSR count). The van der Waals surface area contributed by atoms with Crippen molar-refractivity contribution in [1.82, 2.24) is 4.72 Å². The number of carbonyl (C=O) groups is 1. The molecule has 0 amide bonds. The lowest BCUT2D eigenvalue weighted by atomic mass is 9.79. The van der Waals surface area contributed by atoms with Crippen LogP contribution in [0.4, 0.5) is 0 Å². The Morgan fingerprint density at radius 2 is 1.76 bits per heavy atom. The Kier molecular flexibility index (Phi) is 10.9. The summed E-state index contributed by atoms with van der Waals surface area (Å²) in [6, 6.07) is 6.62. The van der Waals surface area contributed by atoms with Crippen molar-refractivity contribution in [3.8, 4) is 0 Å². The molecule has 166 valence electrons. The largest absolute Gasteiger partial charge is 0.478 e. The molecule has 7 heteroatoms. The van der Waals surface area contributed by atoms with Crippen LogP contribution in [0.5, 0.6) is 0 Å². The first-order chi connectivity index (χ1) is 13.6. The number of carboxylic acids is 1. The third-order valence-electron chi connectivity index (χ3n) is 5.38. The van der Waals surface area contributed by atoms with Gasteiger partial charge in [0.2, 0.25) is 10.0 Å². The molecule has 0 radical (unpaired) electrons. The Hall–Kier alpha value is -1.44. The van der Waals surface area contributed by atoms with Crippen molar-refractivity contribution in [2.75, 3.05) is 12.3 Å². The Morgan fingerprint density at radius 1 is 1.10 bits per heavy atom. The van der Waals surface area contributed by atoms with Gasteiger partial charge in [-0.2, -0.15) is 0 Å². The second-order valence-electron chi connectivity index (χ2n) is 8.42. The third-order valence-corrected chi connectivity index (χ3v) is 6.85. The van der Waals surface area contributed by atoms with Gasteiger partial charge in [-0.3, -0.25) is 0 Å². The SMILES string of the molecule is CCCCC(C)(C)C(O)CCCCS(=O)(=O)NCCCc1ccc(C(=O)O)cc1. The maximum absolute atomic E-state index is 12.1. The summed E-state index contributed by atoms with van der Waals surface area (Å²) in [4.78, 5) is 10.8. The second-order valence-corrected chi connectivity index (χ2v) is 10.3. The average Bonchev–Trinajstić information content (AvgIpc) is 2.67. The second kappa shape index (κ2) is 12.3. The standard InChI is InChI=1S/C22H37NO5S/c1-4-5-15-22(2,3)20(24)10-6-7-17-29(27,28)23-16-8-9-18-11-13-19(14-12-18)21(25)26/h11-14,20,23-24H,4-10,15-17H2,1-3H3,(H,25,26). The molecule has 0 fully saturated rings. The van der Waals surface area contributed by atoms with Gasteiger partial charge in [0.15, 0.2) is 0 Å². The van der Waals surface area contributed by atoms with Gasteiger partial charge in [0, 0.05) is 6.54 Å². The van der Waals surface area contributed by atoms with Crippen LogP contribution in [0.2, 0.25) is 0 Å². The Morgan fingerprint density at radius 3 is 2.34 bits per heavy atom. The molecule has 0 bridgehead atoms. The summed E-state index contributed by atoms with van der Waals surface area (Å²) in [5, 5.41) is 19.2. The van der Waals surface area contributed by atoms with Crippen LogP contribution in [0.15, 0.2) is 24.3 Å². The predicted octanol–water partition coefficient (Wildman–Crippen LogP) is 3.98. The molecule has 0 aliphatic carbocycles. The quantitative estimate of drug-likeness (QED) is 0.367. The highest BCUT2D eigenvalue weighted by molar-refractivity contribution is 7.89. The van der Waals surface area contributed by atoms with E-state index >= 15 is 0 Å². The third kappa shape index (κ3) is 10.2. The molecule has 1 aromatic carbocycles. The van der Waals surface area contributed by atoms with Crippen molar-refractivity contribution in [3.63, 3.8) is 0 Å². The highest BCUT2D eigenvalue weighted by atomic mass is 32.2. The summed E-state index contributed by atoms with van der Waals surface area (Å²) in [6.45, 7) is 6.63. The maximum Gasteiger partial charge on any atom is 0.335 e. The number of hydrogen-bond acceptors (Lipinski definition) is 4. The van der Waals surface area contributed by atoms with E-state index in [1.54, 1.807) is 24.3 Å². The first-order valence-corrected chi connectivity index (χ1v) is 12.2. The van der Waals surface area contributed by atoms with Crippen LogP contribution in [-0.2, 0) is 16.4 Å². The maximum atomic E-state index is 12.1. The Bertz CT molecular complexity index is 713. The van der Waals surface area contributed by atoms with Gasteiger partial charge in [0.1, 0.15) is 0 Å². The number of nitrogens with one attached hydrogen (secondary N) is 1. The highest BCUT2D eigenvalue weighted by Gasteiger charge is 2.26. The summed E-state index contributed by atoms with van der Waals surface area (Å²) in [5.74, 6) is -0.885. The van der Waals surface area contributed by atoms with Gasteiger partial charge >= 0.3 is 5.97 Å². The lowest BCUT2D eigenvalue weighted by Crippen LogP contribution is -2.30. The van der Waals surface area contributed by atoms with E-state index in [2.05, 4.69) is 25.5 Å². The Labute approximate surface area is 175 Å². The van der Waals surface area contributed by atoms with Crippen molar-refractivity contribution in [2.24, 2.45) is 5.41 Å². The van der Waals surface area contributed by atoms with Gasteiger partial charge in [0.05, 0.1) is 17.4 Å². The number of aryl methyl sites for hydroxylation is 1. The predicted molar refractivity (Wildman–Crippen MR) is 117 cm³/mol. The normalized spacial score (nSPS) is 13.4. The molecular formula is C22H37NO5S. The van der Waals surface area contributed by atoms with Crippen LogP contribution in [0, 0.1) is 5.41 Å². The summed E-state index contributed by atoms with van der Waals surface area (Å²) in [6.07, 6.45) is 5.94. The van der Waals surface area contributed by atoms with E-state index in [1.165, 1.54) is 0 Å². The minimum Gasteiger partial charge on any atom is -0.478 e. The molecule has 0 aromatic heterocycles. The molecule has 0 heterocycles. The number of aliphatic hydroxyl groups excluding tert-OH is 1. The van der Waals surface area contributed by atoms with Crippen LogP contribution in [0.3, 0.4) is 0 Å². The minimum atomic E-state index is -3.31. The molecule has 1 atom stereocenters. The van der Waals surface area contributed by atoms with Crippen LogP contribution in [0.1, 0.15) is 81.6 Å². The Balaban J connectivity index is 2.24. The lowest BCUT2D eigenvalue weighted by Gasteiger charge is -2.30. The first-order valence-electron chi connectivity index (χ1n) is 10.5. The molecule has 0 aliphatic heterocycles. The van der Waals surface area contributed by atoms with Crippen LogP contribution >= 0.6 is 0 Å². The van der Waals surface area contributed by atoms with Crippen molar-refractivity contribution >= 4 is 16.0 Å². The zero-order chi connectivity index (χ0) is 21.9. The molecule has 0 saturated carbocycles. The zero-order valence-corrected chi connectivity index (χ0v) is 18.8. The van der Waals surface area contributed by atoms with E-state index in [4.69, 9.17) is 5.11 Å². The first kappa shape index (κ1) is 25.6. The van der Waals surface area contributed by atoms with Gasteiger partial charge in [-0.1, -0.05) is 45.7 Å². The monoisotopic (exact) mass is 427 g/mol. The molecular weight excluding hydrogens is 390 g/mol. The fourth-order valence-corrected chi connectivity index (χ4v) is 4.41. The fourth-order valence-electron chi connectivity index (χ4n) is 3.23. The number of aromatic carboxylic acids is 1. The van der Waals surface area contributed by atoms with Crippen molar-refractivity contribution in [3.05, 3.63) is 35.4 Å². The fraction of sp³-hybridized carbons (Fsp3) is 0.682. The van der Waals surface area contributed by atoms with Crippen molar-refractivity contribution in [1.29, 1.82) is 0 Å². The van der Waals surface area contributed by atoms with Crippen molar-refractivity contribution < 1.29 is 23.4 Å². The minimum absolute atomic E-state index is 0.0718. The number of rotatable bonds is 15. The van der Waals surface area contributed by atoms with E-state index in [9.17, 15) is 18.3 Å². The molecule has 3 N–H and O–H groups in total. The van der Waals surface area contributed by atoms with Crippen LogP contribution in [0.25, 0.3) is 0 Å². The summed E-state index contributed by atoms with van der Waals surface area (Å²) < 4.78 is 26.8. The van der Waals surface area contributed by atoms with Gasteiger partial charge < -0.3 is 10.2 Å². The molecule has 1 unspecified atom stereocenters. The highest BCUT2D eigenvalue weighted by Crippen LogP contribution is 2.30. The number of carboxylic acid groups (broad SMARTS) is 1. The number of unbranched alkanes of at least 4 members (excludes halogenated alkanes) is 2. The summed E-state index contributed by atoms with van der Waals surface area (Å²) in [5.41, 5.74) is 1.10. The number of benzene rings is 1. The average molecular weight is 428 g/mol. The van der Waals surface area contributed by atoms with E-state index in [-0.39, 0.29) is 16.7 Å². The number of hydrogen-bond donors (Lipinski definition) is 3. The summed E-state index contributed by atoms with van der Waals surface area (Å²) in [7, 11) is -3.31. The van der Waals surface area contributed by atoms with Gasteiger partial charge in [0.25, 0.3) is 0 Å². The van der Waals surface area contributed by atoms with Crippen LogP contribution < -0.4 is 4.72 Å². The zero-order valence-electron chi connectivity index (χ0n) is 18.0. The van der Waals surface area contributed by atoms with E-state index in [0.29, 0.717) is 38.6 Å².